The van der Waals surface area contributed by atoms with Crippen molar-refractivity contribution in [2.24, 2.45) is 5.92 Å². The minimum Gasteiger partial charge on any atom is -0.349 e. The number of hydrogen-bond acceptors (Lipinski definition) is 2. The number of carbonyl (C=O) groups excluding carboxylic acids is 1. The fourth-order valence-corrected chi connectivity index (χ4v) is 2.07. The van der Waals surface area contributed by atoms with Gasteiger partial charge < -0.3 is 10.6 Å². The Morgan fingerprint density at radius 2 is 2.12 bits per heavy atom. The molecule has 0 saturated carbocycles. The van der Waals surface area contributed by atoms with Gasteiger partial charge in [0.2, 0.25) is 0 Å². The van der Waals surface area contributed by atoms with E-state index in [1.54, 1.807) is 0 Å². The molecule has 2 unspecified atom stereocenters. The fraction of sp³-hybridized carbons (Fsp3) is 0.462. The second-order valence-electron chi connectivity index (χ2n) is 4.42. The first-order valence-corrected chi connectivity index (χ1v) is 5.84. The molecule has 3 heteroatoms. The number of rotatable bonds is 2. The van der Waals surface area contributed by atoms with Gasteiger partial charge in [0.1, 0.15) is 0 Å². The minimum atomic E-state index is 0.0411. The molecule has 1 saturated heterocycles. The summed E-state index contributed by atoms with van der Waals surface area (Å²) >= 11 is 0. The summed E-state index contributed by atoms with van der Waals surface area (Å²) in [4.78, 5) is 11.9. The highest BCUT2D eigenvalue weighted by atomic mass is 16.1. The monoisotopic (exact) mass is 218 g/mol. The van der Waals surface area contributed by atoms with Gasteiger partial charge in [-0.1, -0.05) is 25.1 Å². The molecule has 1 heterocycles. The predicted octanol–water partition coefficient (Wildman–Crippen LogP) is 1.41. The zero-order valence-corrected chi connectivity index (χ0v) is 9.57. The van der Waals surface area contributed by atoms with Crippen molar-refractivity contribution in [3.63, 3.8) is 0 Å². The van der Waals surface area contributed by atoms with Crippen molar-refractivity contribution in [1.29, 1.82) is 0 Å². The molecule has 1 fully saturated rings. The van der Waals surface area contributed by atoms with Gasteiger partial charge >= 0.3 is 0 Å². The van der Waals surface area contributed by atoms with Crippen LogP contribution in [-0.4, -0.2) is 25.0 Å². The summed E-state index contributed by atoms with van der Waals surface area (Å²) in [5.41, 5.74) is 0.744. The second kappa shape index (κ2) is 5.12. The second-order valence-corrected chi connectivity index (χ2v) is 4.42. The number of nitrogens with one attached hydrogen (secondary N) is 2. The zero-order valence-electron chi connectivity index (χ0n) is 9.57. The molecule has 1 aliphatic heterocycles. The van der Waals surface area contributed by atoms with Gasteiger partial charge in [-0.25, -0.2) is 0 Å². The third kappa shape index (κ3) is 2.61. The van der Waals surface area contributed by atoms with Gasteiger partial charge in [0.05, 0.1) is 0 Å². The molecule has 0 aliphatic carbocycles. The summed E-state index contributed by atoms with van der Waals surface area (Å²) in [6.07, 6.45) is 1.01. The van der Waals surface area contributed by atoms with Crippen molar-refractivity contribution in [2.75, 3.05) is 13.1 Å². The van der Waals surface area contributed by atoms with Crippen LogP contribution in [0.2, 0.25) is 0 Å². The molecule has 2 rings (SSSR count). The van der Waals surface area contributed by atoms with Crippen molar-refractivity contribution in [1.82, 2.24) is 10.6 Å². The molecule has 0 spiro atoms. The summed E-state index contributed by atoms with van der Waals surface area (Å²) in [6, 6.07) is 9.70. The normalized spacial score (nSPS) is 25.1. The first kappa shape index (κ1) is 11.1. The highest BCUT2D eigenvalue weighted by Gasteiger charge is 2.22. The van der Waals surface area contributed by atoms with Crippen molar-refractivity contribution in [3.05, 3.63) is 35.9 Å². The van der Waals surface area contributed by atoms with Gasteiger partial charge in [0, 0.05) is 11.6 Å². The fourth-order valence-electron chi connectivity index (χ4n) is 2.07. The first-order valence-electron chi connectivity index (χ1n) is 5.84. The summed E-state index contributed by atoms with van der Waals surface area (Å²) < 4.78 is 0. The predicted molar refractivity (Wildman–Crippen MR) is 64.3 cm³/mol. The number of amides is 1. The van der Waals surface area contributed by atoms with E-state index in [0.29, 0.717) is 12.0 Å². The lowest BCUT2D eigenvalue weighted by Gasteiger charge is -2.30. The van der Waals surface area contributed by atoms with E-state index in [4.69, 9.17) is 0 Å². The lowest BCUT2D eigenvalue weighted by atomic mass is 9.95. The van der Waals surface area contributed by atoms with Crippen molar-refractivity contribution < 1.29 is 4.79 Å². The molecule has 2 N–H and O–H groups in total. The molecule has 1 aliphatic rings. The lowest BCUT2D eigenvalue weighted by molar-refractivity contribution is 0.0914. The molecule has 1 aromatic carbocycles. The van der Waals surface area contributed by atoms with E-state index in [9.17, 15) is 4.79 Å². The van der Waals surface area contributed by atoms with Crippen molar-refractivity contribution >= 4 is 5.91 Å². The van der Waals surface area contributed by atoms with E-state index < -0.39 is 0 Å². The summed E-state index contributed by atoms with van der Waals surface area (Å²) in [5, 5.41) is 6.43. The molecule has 2 atom stereocenters. The Hall–Kier alpha value is -1.35. The Morgan fingerprint density at radius 3 is 2.81 bits per heavy atom. The average Bonchev–Trinajstić information content (AvgIpc) is 2.33. The largest absolute Gasteiger partial charge is 0.349 e. The van der Waals surface area contributed by atoms with Gasteiger partial charge in [-0.05, 0) is 37.6 Å². The average molecular weight is 218 g/mol. The lowest BCUT2D eigenvalue weighted by Crippen LogP contribution is -2.48. The number of hydrogen-bond donors (Lipinski definition) is 2. The molecule has 0 aromatic heterocycles. The van der Waals surface area contributed by atoms with Gasteiger partial charge in [0.15, 0.2) is 0 Å². The van der Waals surface area contributed by atoms with Crippen LogP contribution in [0.15, 0.2) is 30.3 Å². The third-order valence-electron chi connectivity index (χ3n) is 3.14. The molecule has 86 valence electrons. The zero-order chi connectivity index (χ0) is 11.4. The highest BCUT2D eigenvalue weighted by molar-refractivity contribution is 5.94. The molecule has 16 heavy (non-hydrogen) atoms. The minimum absolute atomic E-state index is 0.0411. The SMILES string of the molecule is CC1CNCCC1NC(=O)c1ccccc1. The molecule has 1 aromatic rings. The van der Waals surface area contributed by atoms with E-state index in [-0.39, 0.29) is 5.91 Å². The van der Waals surface area contributed by atoms with Gasteiger partial charge in [-0.2, -0.15) is 0 Å². The van der Waals surface area contributed by atoms with Crippen LogP contribution in [0, 0.1) is 5.92 Å². The Bertz CT molecular complexity index is 350. The van der Waals surface area contributed by atoms with Crippen LogP contribution >= 0.6 is 0 Å². The maximum absolute atomic E-state index is 11.9. The maximum Gasteiger partial charge on any atom is 0.251 e. The topological polar surface area (TPSA) is 41.1 Å². The van der Waals surface area contributed by atoms with E-state index in [2.05, 4.69) is 17.6 Å². The van der Waals surface area contributed by atoms with Crippen molar-refractivity contribution in [3.8, 4) is 0 Å². The van der Waals surface area contributed by atoms with Crippen LogP contribution in [0.4, 0.5) is 0 Å². The van der Waals surface area contributed by atoms with E-state index in [1.165, 1.54) is 0 Å². The van der Waals surface area contributed by atoms with Crippen LogP contribution in [0.3, 0.4) is 0 Å². The molecular formula is C13H18N2O. The molecule has 3 nitrogen and oxygen atoms in total. The Kier molecular flexibility index (Phi) is 3.57. The Labute approximate surface area is 96.2 Å². The number of carbonyl (C=O) groups is 1. The first-order chi connectivity index (χ1) is 7.77. The number of benzene rings is 1. The van der Waals surface area contributed by atoms with Crippen LogP contribution in [0.1, 0.15) is 23.7 Å². The Morgan fingerprint density at radius 1 is 1.38 bits per heavy atom. The standard InChI is InChI=1S/C13H18N2O/c1-10-9-14-8-7-12(10)15-13(16)11-5-3-2-4-6-11/h2-6,10,12,14H,7-9H2,1H3,(H,15,16). The summed E-state index contributed by atoms with van der Waals surface area (Å²) in [5.74, 6) is 0.542. The van der Waals surface area contributed by atoms with Crippen molar-refractivity contribution in [2.45, 2.75) is 19.4 Å². The van der Waals surface area contributed by atoms with E-state index in [0.717, 1.165) is 25.1 Å². The van der Waals surface area contributed by atoms with Crippen LogP contribution in [0.25, 0.3) is 0 Å². The summed E-state index contributed by atoms with van der Waals surface area (Å²) in [6.45, 7) is 4.14. The summed E-state index contributed by atoms with van der Waals surface area (Å²) in [7, 11) is 0. The van der Waals surface area contributed by atoms with Crippen LogP contribution < -0.4 is 10.6 Å². The quantitative estimate of drug-likeness (QED) is 0.788. The molecule has 0 radical (unpaired) electrons. The van der Waals surface area contributed by atoms with Gasteiger partial charge in [0.25, 0.3) is 5.91 Å². The Balaban J connectivity index is 1.96. The van der Waals surface area contributed by atoms with Gasteiger partial charge in [-0.3, -0.25) is 4.79 Å². The van der Waals surface area contributed by atoms with Crippen LogP contribution in [0.5, 0.6) is 0 Å². The third-order valence-corrected chi connectivity index (χ3v) is 3.14. The smallest absolute Gasteiger partial charge is 0.251 e. The molecular weight excluding hydrogens is 200 g/mol. The number of piperidine rings is 1. The van der Waals surface area contributed by atoms with Gasteiger partial charge in [-0.15, -0.1) is 0 Å². The molecule has 1 amide bonds. The van der Waals surface area contributed by atoms with E-state index in [1.807, 2.05) is 30.3 Å². The highest BCUT2D eigenvalue weighted by Crippen LogP contribution is 2.11. The van der Waals surface area contributed by atoms with Crippen LogP contribution in [-0.2, 0) is 0 Å². The molecule has 0 bridgehead atoms. The van der Waals surface area contributed by atoms with E-state index >= 15 is 0 Å². The maximum atomic E-state index is 11.9.